The summed E-state index contributed by atoms with van der Waals surface area (Å²) < 4.78 is 8.05. The zero-order valence-electron chi connectivity index (χ0n) is 15.3. The molecular formula is C19H28N4OS. The van der Waals surface area contributed by atoms with Crippen LogP contribution in [0.4, 0.5) is 0 Å². The van der Waals surface area contributed by atoms with Gasteiger partial charge < -0.3 is 14.2 Å². The topological polar surface area (TPSA) is 43.2 Å². The van der Waals surface area contributed by atoms with E-state index in [-0.39, 0.29) is 0 Å². The van der Waals surface area contributed by atoms with E-state index in [4.69, 9.17) is 4.74 Å². The van der Waals surface area contributed by atoms with Crippen molar-refractivity contribution in [2.75, 3.05) is 25.4 Å². The zero-order valence-corrected chi connectivity index (χ0v) is 16.1. The summed E-state index contributed by atoms with van der Waals surface area (Å²) in [6.07, 6.45) is 4.07. The predicted molar refractivity (Wildman–Crippen MR) is 102 cm³/mol. The van der Waals surface area contributed by atoms with Crippen LogP contribution >= 0.6 is 11.8 Å². The molecule has 1 aromatic carbocycles. The van der Waals surface area contributed by atoms with Crippen LogP contribution in [0.25, 0.3) is 0 Å². The monoisotopic (exact) mass is 360 g/mol. The minimum Gasteiger partial charge on any atom is -0.486 e. The van der Waals surface area contributed by atoms with Crippen LogP contribution in [0, 0.1) is 6.92 Å². The van der Waals surface area contributed by atoms with Gasteiger partial charge in [0, 0.05) is 18.8 Å². The van der Waals surface area contributed by atoms with E-state index in [2.05, 4.69) is 39.6 Å². The highest BCUT2D eigenvalue weighted by Crippen LogP contribution is 2.20. The van der Waals surface area contributed by atoms with Crippen LogP contribution < -0.4 is 4.74 Å². The molecule has 0 spiro atoms. The standard InChI is InChI=1S/C19H28N4OS/c1-3-23-18(15-24-17-9-7-8-16(2)14-17)20-21-19(23)25-13-12-22-10-5-4-6-11-22/h7-9,14H,3-6,10-13,15H2,1-2H3. The number of piperidine rings is 1. The van der Waals surface area contributed by atoms with Crippen LogP contribution in [0.1, 0.15) is 37.6 Å². The molecule has 25 heavy (non-hydrogen) atoms. The van der Waals surface area contributed by atoms with Gasteiger partial charge in [0.1, 0.15) is 12.4 Å². The van der Waals surface area contributed by atoms with Gasteiger partial charge in [-0.2, -0.15) is 0 Å². The number of aromatic nitrogens is 3. The molecule has 0 aliphatic carbocycles. The molecule has 2 heterocycles. The van der Waals surface area contributed by atoms with Crippen LogP contribution in [0.15, 0.2) is 29.4 Å². The van der Waals surface area contributed by atoms with Crippen molar-refractivity contribution < 1.29 is 4.74 Å². The Labute approximate surface area is 154 Å². The second-order valence-electron chi connectivity index (χ2n) is 6.50. The summed E-state index contributed by atoms with van der Waals surface area (Å²) in [5.41, 5.74) is 1.20. The fraction of sp³-hybridized carbons (Fsp3) is 0.579. The van der Waals surface area contributed by atoms with Gasteiger partial charge in [-0.25, -0.2) is 0 Å². The highest BCUT2D eigenvalue weighted by molar-refractivity contribution is 7.99. The number of hydrogen-bond acceptors (Lipinski definition) is 5. The van der Waals surface area contributed by atoms with E-state index < -0.39 is 0 Å². The normalized spacial score (nSPS) is 15.4. The van der Waals surface area contributed by atoms with Gasteiger partial charge in [-0.15, -0.1) is 10.2 Å². The third-order valence-electron chi connectivity index (χ3n) is 4.55. The Morgan fingerprint density at radius 3 is 2.76 bits per heavy atom. The summed E-state index contributed by atoms with van der Waals surface area (Å²) in [4.78, 5) is 2.56. The molecule has 6 heteroatoms. The Morgan fingerprint density at radius 1 is 1.16 bits per heavy atom. The summed E-state index contributed by atoms with van der Waals surface area (Å²) in [7, 11) is 0. The molecule has 5 nitrogen and oxygen atoms in total. The molecular weight excluding hydrogens is 332 g/mol. The maximum Gasteiger partial charge on any atom is 0.191 e. The second kappa shape index (κ2) is 9.25. The Hall–Kier alpha value is -1.53. The lowest BCUT2D eigenvalue weighted by atomic mass is 10.1. The lowest BCUT2D eigenvalue weighted by molar-refractivity contribution is 0.242. The fourth-order valence-corrected chi connectivity index (χ4v) is 4.17. The van der Waals surface area contributed by atoms with Gasteiger partial charge in [0.25, 0.3) is 0 Å². The molecule has 1 saturated heterocycles. The smallest absolute Gasteiger partial charge is 0.191 e. The molecule has 0 atom stereocenters. The highest BCUT2D eigenvalue weighted by Gasteiger charge is 2.14. The molecule has 1 fully saturated rings. The van der Waals surface area contributed by atoms with E-state index in [1.807, 2.05) is 18.2 Å². The molecule has 0 unspecified atom stereocenters. The second-order valence-corrected chi connectivity index (χ2v) is 7.56. The molecule has 0 N–H and O–H groups in total. The maximum absolute atomic E-state index is 5.89. The molecule has 0 radical (unpaired) electrons. The number of aryl methyl sites for hydroxylation is 1. The lowest BCUT2D eigenvalue weighted by Crippen LogP contribution is -2.31. The molecule has 3 rings (SSSR count). The first-order valence-electron chi connectivity index (χ1n) is 9.23. The summed E-state index contributed by atoms with van der Waals surface area (Å²) in [6, 6.07) is 8.10. The van der Waals surface area contributed by atoms with E-state index in [0.717, 1.165) is 35.6 Å². The quantitative estimate of drug-likeness (QED) is 0.671. The van der Waals surface area contributed by atoms with Crippen LogP contribution in [-0.2, 0) is 13.2 Å². The SMILES string of the molecule is CCn1c(COc2cccc(C)c2)nnc1SCCN1CCCCC1. The average Bonchev–Trinajstić information content (AvgIpc) is 3.03. The number of thioether (sulfide) groups is 1. The molecule has 0 bridgehead atoms. The summed E-state index contributed by atoms with van der Waals surface area (Å²) in [6.45, 7) is 9.15. The van der Waals surface area contributed by atoms with E-state index in [1.165, 1.54) is 37.9 Å². The van der Waals surface area contributed by atoms with Crippen molar-refractivity contribution in [1.82, 2.24) is 19.7 Å². The largest absolute Gasteiger partial charge is 0.486 e. The first-order valence-corrected chi connectivity index (χ1v) is 10.2. The summed E-state index contributed by atoms with van der Waals surface area (Å²) >= 11 is 1.80. The predicted octanol–water partition coefficient (Wildman–Crippen LogP) is 3.76. The zero-order chi connectivity index (χ0) is 17.5. The Balaban J connectivity index is 1.53. The number of hydrogen-bond donors (Lipinski definition) is 0. The van der Waals surface area contributed by atoms with E-state index in [0.29, 0.717) is 6.61 Å². The van der Waals surface area contributed by atoms with Crippen molar-refractivity contribution >= 4 is 11.8 Å². The summed E-state index contributed by atoms with van der Waals surface area (Å²) in [5.74, 6) is 2.84. The number of benzene rings is 1. The number of likely N-dealkylation sites (tertiary alicyclic amines) is 1. The highest BCUT2D eigenvalue weighted by atomic mass is 32.2. The number of ether oxygens (including phenoxy) is 1. The molecule has 1 aliphatic heterocycles. The molecule has 1 aromatic heterocycles. The van der Waals surface area contributed by atoms with Crippen molar-refractivity contribution in [3.63, 3.8) is 0 Å². The Morgan fingerprint density at radius 2 is 2.00 bits per heavy atom. The van der Waals surface area contributed by atoms with Crippen molar-refractivity contribution in [3.8, 4) is 5.75 Å². The van der Waals surface area contributed by atoms with E-state index in [9.17, 15) is 0 Å². The molecule has 0 saturated carbocycles. The van der Waals surface area contributed by atoms with E-state index in [1.54, 1.807) is 11.8 Å². The van der Waals surface area contributed by atoms with Gasteiger partial charge >= 0.3 is 0 Å². The molecule has 1 aliphatic rings. The number of rotatable bonds is 8. The molecule has 0 amide bonds. The van der Waals surface area contributed by atoms with Gasteiger partial charge in [0.05, 0.1) is 0 Å². The Kier molecular flexibility index (Phi) is 6.76. The molecule has 136 valence electrons. The van der Waals surface area contributed by atoms with Gasteiger partial charge in [-0.05, 0) is 57.5 Å². The van der Waals surface area contributed by atoms with Crippen molar-refractivity contribution in [1.29, 1.82) is 0 Å². The summed E-state index contributed by atoms with van der Waals surface area (Å²) in [5, 5.41) is 9.72. The fourth-order valence-electron chi connectivity index (χ4n) is 3.15. The Bertz CT molecular complexity index is 667. The van der Waals surface area contributed by atoms with Gasteiger partial charge in [-0.1, -0.05) is 30.3 Å². The number of nitrogens with zero attached hydrogens (tertiary/aromatic N) is 4. The van der Waals surface area contributed by atoms with Crippen LogP contribution in [-0.4, -0.2) is 45.1 Å². The van der Waals surface area contributed by atoms with Gasteiger partial charge in [0.2, 0.25) is 0 Å². The first-order chi connectivity index (χ1) is 12.3. The van der Waals surface area contributed by atoms with Crippen molar-refractivity contribution in [2.24, 2.45) is 0 Å². The van der Waals surface area contributed by atoms with Crippen LogP contribution in [0.5, 0.6) is 5.75 Å². The lowest BCUT2D eigenvalue weighted by Gasteiger charge is -2.25. The van der Waals surface area contributed by atoms with E-state index >= 15 is 0 Å². The molecule has 2 aromatic rings. The van der Waals surface area contributed by atoms with Crippen LogP contribution in [0.2, 0.25) is 0 Å². The van der Waals surface area contributed by atoms with Crippen molar-refractivity contribution in [3.05, 3.63) is 35.7 Å². The van der Waals surface area contributed by atoms with Crippen molar-refractivity contribution in [2.45, 2.75) is 51.4 Å². The minimum absolute atomic E-state index is 0.455. The van der Waals surface area contributed by atoms with Crippen LogP contribution in [0.3, 0.4) is 0 Å². The maximum atomic E-state index is 5.89. The third-order valence-corrected chi connectivity index (χ3v) is 5.50. The van der Waals surface area contributed by atoms with Gasteiger partial charge in [0.15, 0.2) is 11.0 Å². The minimum atomic E-state index is 0.455. The average molecular weight is 361 g/mol. The third kappa shape index (κ3) is 5.22. The van der Waals surface area contributed by atoms with Gasteiger partial charge in [-0.3, -0.25) is 0 Å². The first kappa shape index (κ1) is 18.3.